The monoisotopic (exact) mass is 291 g/mol. The molecular weight excluding hydrogens is 274 g/mol. The molecule has 3 N–H and O–H groups in total. The molecule has 6 heteroatoms. The Morgan fingerprint density at radius 1 is 1.45 bits per heavy atom. The first-order valence-electron chi connectivity index (χ1n) is 6.21. The molecule has 0 saturated carbocycles. The number of amides is 1. The summed E-state index contributed by atoms with van der Waals surface area (Å²) in [6.45, 7) is 1.94. The van der Waals surface area contributed by atoms with Crippen LogP contribution >= 0.6 is 11.3 Å². The van der Waals surface area contributed by atoms with E-state index >= 15 is 0 Å². The summed E-state index contributed by atoms with van der Waals surface area (Å²) in [5.74, 6) is 0.726. The Morgan fingerprint density at radius 3 is 2.70 bits per heavy atom. The number of carbonyl (C=O) groups is 1. The van der Waals surface area contributed by atoms with Gasteiger partial charge in [0.25, 0.3) is 0 Å². The SMILES string of the molecule is COc1ccc(C(C)NC(=O)Cc2csc(N)n2)cc1. The van der Waals surface area contributed by atoms with Crippen LogP contribution in [0.4, 0.5) is 5.13 Å². The van der Waals surface area contributed by atoms with E-state index in [2.05, 4.69) is 10.3 Å². The minimum Gasteiger partial charge on any atom is -0.497 e. The highest BCUT2D eigenvalue weighted by Gasteiger charge is 2.11. The largest absolute Gasteiger partial charge is 0.497 e. The molecule has 0 aliphatic heterocycles. The lowest BCUT2D eigenvalue weighted by atomic mass is 10.1. The molecule has 1 unspecified atom stereocenters. The topological polar surface area (TPSA) is 77.2 Å². The van der Waals surface area contributed by atoms with Gasteiger partial charge in [-0.25, -0.2) is 4.98 Å². The van der Waals surface area contributed by atoms with E-state index < -0.39 is 0 Å². The van der Waals surface area contributed by atoms with Crippen molar-refractivity contribution in [3.8, 4) is 5.75 Å². The molecule has 0 saturated heterocycles. The summed E-state index contributed by atoms with van der Waals surface area (Å²) in [5, 5.41) is 5.22. The number of anilines is 1. The third kappa shape index (κ3) is 3.71. The highest BCUT2D eigenvalue weighted by atomic mass is 32.1. The molecule has 2 aromatic rings. The zero-order valence-electron chi connectivity index (χ0n) is 11.4. The second-order valence-electron chi connectivity index (χ2n) is 4.42. The van der Waals surface area contributed by atoms with E-state index in [0.717, 1.165) is 11.3 Å². The van der Waals surface area contributed by atoms with E-state index in [-0.39, 0.29) is 18.4 Å². The molecule has 0 fully saturated rings. The summed E-state index contributed by atoms with van der Waals surface area (Å²) in [6, 6.07) is 7.55. The van der Waals surface area contributed by atoms with Gasteiger partial charge in [0.15, 0.2) is 5.13 Å². The number of aromatic nitrogens is 1. The molecule has 2 rings (SSSR count). The highest BCUT2D eigenvalue weighted by molar-refractivity contribution is 7.13. The number of ether oxygens (including phenoxy) is 1. The van der Waals surface area contributed by atoms with Gasteiger partial charge >= 0.3 is 0 Å². The Kier molecular flexibility index (Phi) is 4.57. The molecule has 0 spiro atoms. The molecule has 0 bridgehead atoms. The smallest absolute Gasteiger partial charge is 0.226 e. The summed E-state index contributed by atoms with van der Waals surface area (Å²) in [4.78, 5) is 16.0. The Hall–Kier alpha value is -2.08. The molecule has 1 amide bonds. The molecule has 0 aliphatic rings. The van der Waals surface area contributed by atoms with Crippen molar-refractivity contribution >= 4 is 22.4 Å². The molecule has 106 valence electrons. The summed E-state index contributed by atoms with van der Waals surface area (Å²) >= 11 is 1.34. The van der Waals surface area contributed by atoms with Gasteiger partial charge in [0.05, 0.1) is 25.3 Å². The number of hydrogen-bond donors (Lipinski definition) is 2. The van der Waals surface area contributed by atoms with Gasteiger partial charge < -0.3 is 15.8 Å². The molecular formula is C14H17N3O2S. The summed E-state index contributed by atoms with van der Waals surface area (Å²) in [6.07, 6.45) is 0.244. The molecule has 20 heavy (non-hydrogen) atoms. The molecule has 1 atom stereocenters. The van der Waals surface area contributed by atoms with Gasteiger partial charge in [0, 0.05) is 5.38 Å². The number of methoxy groups -OCH3 is 1. The fourth-order valence-electron chi connectivity index (χ4n) is 1.84. The predicted molar refractivity (Wildman–Crippen MR) is 79.8 cm³/mol. The first kappa shape index (κ1) is 14.3. The molecule has 1 aromatic carbocycles. The molecule has 1 heterocycles. The maximum Gasteiger partial charge on any atom is 0.226 e. The summed E-state index contributed by atoms with van der Waals surface area (Å²) in [7, 11) is 1.62. The fourth-order valence-corrected chi connectivity index (χ4v) is 2.40. The number of benzene rings is 1. The molecule has 5 nitrogen and oxygen atoms in total. The Bertz CT molecular complexity index is 580. The van der Waals surface area contributed by atoms with Crippen LogP contribution in [0.15, 0.2) is 29.6 Å². The maximum atomic E-state index is 11.9. The molecule has 1 aromatic heterocycles. The zero-order chi connectivity index (χ0) is 14.5. The van der Waals surface area contributed by atoms with Crippen molar-refractivity contribution in [3.63, 3.8) is 0 Å². The van der Waals surface area contributed by atoms with Crippen molar-refractivity contribution in [2.45, 2.75) is 19.4 Å². The highest BCUT2D eigenvalue weighted by Crippen LogP contribution is 2.17. The number of hydrogen-bond acceptors (Lipinski definition) is 5. The number of thiazole rings is 1. The van der Waals surface area contributed by atoms with E-state index in [1.807, 2.05) is 31.2 Å². The second kappa shape index (κ2) is 6.38. The van der Waals surface area contributed by atoms with Crippen LogP contribution < -0.4 is 15.8 Å². The average Bonchev–Trinajstić information content (AvgIpc) is 2.84. The van der Waals surface area contributed by atoms with E-state index in [0.29, 0.717) is 10.8 Å². The van der Waals surface area contributed by atoms with Gasteiger partial charge in [0.2, 0.25) is 5.91 Å². The number of nitrogens with one attached hydrogen (secondary N) is 1. The van der Waals surface area contributed by atoms with Gasteiger partial charge in [-0.3, -0.25) is 4.79 Å². The number of carbonyl (C=O) groups excluding carboxylic acids is 1. The first-order chi connectivity index (χ1) is 9.58. The lowest BCUT2D eigenvalue weighted by Crippen LogP contribution is -2.28. The fraction of sp³-hybridized carbons (Fsp3) is 0.286. The summed E-state index contributed by atoms with van der Waals surface area (Å²) < 4.78 is 5.11. The standard InChI is InChI=1S/C14H17N3O2S/c1-9(10-3-5-12(19-2)6-4-10)16-13(18)7-11-8-20-14(15)17-11/h3-6,8-9H,7H2,1-2H3,(H2,15,17)(H,16,18). The number of nitrogens with zero attached hydrogens (tertiary/aromatic N) is 1. The van der Waals surface area contributed by atoms with Gasteiger partial charge in [-0.1, -0.05) is 12.1 Å². The van der Waals surface area contributed by atoms with Crippen LogP contribution in [0.25, 0.3) is 0 Å². The average molecular weight is 291 g/mol. The number of nitrogens with two attached hydrogens (primary N) is 1. The normalized spacial score (nSPS) is 11.9. The van der Waals surface area contributed by atoms with Crippen LogP contribution in [-0.4, -0.2) is 18.0 Å². The second-order valence-corrected chi connectivity index (χ2v) is 5.31. The minimum absolute atomic E-state index is 0.0654. The minimum atomic E-state index is -0.0707. The number of rotatable bonds is 5. The quantitative estimate of drug-likeness (QED) is 0.885. The van der Waals surface area contributed by atoms with Crippen LogP contribution in [0.3, 0.4) is 0 Å². The lowest BCUT2D eigenvalue weighted by Gasteiger charge is -2.14. The summed E-state index contributed by atoms with van der Waals surface area (Å²) in [5.41, 5.74) is 7.26. The van der Waals surface area contributed by atoms with Crippen molar-refractivity contribution in [1.82, 2.24) is 10.3 Å². The van der Waals surface area contributed by atoms with Crippen molar-refractivity contribution in [1.29, 1.82) is 0 Å². The zero-order valence-corrected chi connectivity index (χ0v) is 12.2. The van der Waals surface area contributed by atoms with E-state index in [1.54, 1.807) is 12.5 Å². The van der Waals surface area contributed by atoms with Crippen LogP contribution in [0.2, 0.25) is 0 Å². The lowest BCUT2D eigenvalue weighted by molar-refractivity contribution is -0.121. The van der Waals surface area contributed by atoms with Gasteiger partial charge in [0.1, 0.15) is 5.75 Å². The third-order valence-electron chi connectivity index (χ3n) is 2.90. The Morgan fingerprint density at radius 2 is 2.15 bits per heavy atom. The van der Waals surface area contributed by atoms with Crippen molar-refractivity contribution in [2.75, 3.05) is 12.8 Å². The van der Waals surface area contributed by atoms with Gasteiger partial charge in [-0.2, -0.15) is 0 Å². The van der Waals surface area contributed by atoms with Crippen LogP contribution in [0.1, 0.15) is 24.2 Å². The van der Waals surface area contributed by atoms with E-state index in [9.17, 15) is 4.79 Å². The maximum absolute atomic E-state index is 11.9. The van der Waals surface area contributed by atoms with Gasteiger partial charge in [-0.05, 0) is 24.6 Å². The Labute approximate surface area is 121 Å². The van der Waals surface area contributed by atoms with Crippen LogP contribution in [0.5, 0.6) is 5.75 Å². The number of nitrogen functional groups attached to an aromatic ring is 1. The van der Waals surface area contributed by atoms with Gasteiger partial charge in [-0.15, -0.1) is 11.3 Å². The third-order valence-corrected chi connectivity index (χ3v) is 3.63. The predicted octanol–water partition coefficient (Wildman–Crippen LogP) is 2.15. The van der Waals surface area contributed by atoms with Crippen LogP contribution in [0, 0.1) is 0 Å². The molecule has 0 aliphatic carbocycles. The van der Waals surface area contributed by atoms with Crippen molar-refractivity contribution in [2.24, 2.45) is 0 Å². The Balaban J connectivity index is 1.92. The van der Waals surface area contributed by atoms with E-state index in [1.165, 1.54) is 11.3 Å². The van der Waals surface area contributed by atoms with Crippen molar-refractivity contribution < 1.29 is 9.53 Å². The first-order valence-corrected chi connectivity index (χ1v) is 7.09. The van der Waals surface area contributed by atoms with Crippen molar-refractivity contribution in [3.05, 3.63) is 40.9 Å². The molecule has 0 radical (unpaired) electrons. The van der Waals surface area contributed by atoms with E-state index in [4.69, 9.17) is 10.5 Å². The van der Waals surface area contributed by atoms with Crippen LogP contribution in [-0.2, 0) is 11.2 Å².